The van der Waals surface area contributed by atoms with Crippen LogP contribution in [0.3, 0.4) is 0 Å². The SMILES string of the molecule is COc1cccc(OC)c1C(=O)Nc1ccc(SC(C(=O)Nc2cccc(C)c2C)c2ccccc2)cc1. The van der Waals surface area contributed by atoms with Crippen LogP contribution in [0.5, 0.6) is 11.5 Å². The van der Waals surface area contributed by atoms with Gasteiger partial charge < -0.3 is 20.1 Å². The third-order valence-electron chi connectivity index (χ3n) is 6.22. The first kappa shape index (κ1) is 26.8. The summed E-state index contributed by atoms with van der Waals surface area (Å²) in [6.45, 7) is 4.03. The van der Waals surface area contributed by atoms with Gasteiger partial charge in [0, 0.05) is 16.3 Å². The first-order chi connectivity index (χ1) is 18.4. The van der Waals surface area contributed by atoms with Gasteiger partial charge in [0.05, 0.1) is 14.2 Å². The standard InChI is InChI=1S/C31H30N2O4S/c1-20-10-8-13-25(21(20)2)33-31(35)29(22-11-6-5-7-12-22)38-24-18-16-23(17-19-24)32-30(34)28-26(36-3)14-9-15-27(28)37-4/h5-19,29H,1-4H3,(H,32,34)(H,33,35). The van der Waals surface area contributed by atoms with Crippen molar-refractivity contribution in [3.8, 4) is 11.5 Å². The van der Waals surface area contributed by atoms with Crippen LogP contribution in [-0.4, -0.2) is 26.0 Å². The molecular weight excluding hydrogens is 496 g/mol. The second-order valence-electron chi connectivity index (χ2n) is 8.66. The van der Waals surface area contributed by atoms with Crippen LogP contribution in [0.1, 0.15) is 32.3 Å². The van der Waals surface area contributed by atoms with E-state index in [-0.39, 0.29) is 11.8 Å². The van der Waals surface area contributed by atoms with Gasteiger partial charge in [-0.2, -0.15) is 0 Å². The molecule has 2 amide bonds. The van der Waals surface area contributed by atoms with Gasteiger partial charge in [0.25, 0.3) is 5.91 Å². The molecule has 0 spiro atoms. The Morgan fingerprint density at radius 2 is 1.37 bits per heavy atom. The average Bonchev–Trinajstić information content (AvgIpc) is 2.94. The van der Waals surface area contributed by atoms with Crippen molar-refractivity contribution in [3.63, 3.8) is 0 Å². The maximum absolute atomic E-state index is 13.5. The van der Waals surface area contributed by atoms with Crippen molar-refractivity contribution in [1.82, 2.24) is 0 Å². The zero-order chi connectivity index (χ0) is 27.1. The van der Waals surface area contributed by atoms with Gasteiger partial charge in [0.15, 0.2) is 0 Å². The number of thioether (sulfide) groups is 1. The number of nitrogens with one attached hydrogen (secondary N) is 2. The van der Waals surface area contributed by atoms with Crippen LogP contribution in [0.15, 0.2) is 95.9 Å². The molecule has 0 aliphatic heterocycles. The number of rotatable bonds is 9. The van der Waals surface area contributed by atoms with E-state index < -0.39 is 5.25 Å². The number of amides is 2. The number of carbonyl (C=O) groups is 2. The Kier molecular flexibility index (Phi) is 8.71. The Hall–Kier alpha value is -4.23. The molecule has 0 saturated carbocycles. The number of anilines is 2. The summed E-state index contributed by atoms with van der Waals surface area (Å²) < 4.78 is 10.7. The summed E-state index contributed by atoms with van der Waals surface area (Å²) in [4.78, 5) is 27.4. The van der Waals surface area contributed by atoms with Gasteiger partial charge in [-0.1, -0.05) is 48.5 Å². The monoisotopic (exact) mass is 526 g/mol. The van der Waals surface area contributed by atoms with E-state index in [1.165, 1.54) is 26.0 Å². The fourth-order valence-electron chi connectivity index (χ4n) is 4.01. The van der Waals surface area contributed by atoms with Gasteiger partial charge >= 0.3 is 0 Å². The Morgan fingerprint density at radius 3 is 2.00 bits per heavy atom. The largest absolute Gasteiger partial charge is 0.496 e. The molecule has 0 fully saturated rings. The number of hydrogen-bond acceptors (Lipinski definition) is 5. The van der Waals surface area contributed by atoms with E-state index in [1.54, 1.807) is 18.2 Å². The lowest BCUT2D eigenvalue weighted by molar-refractivity contribution is -0.115. The third-order valence-corrected chi connectivity index (χ3v) is 7.49. The molecule has 2 N–H and O–H groups in total. The Balaban J connectivity index is 1.53. The Morgan fingerprint density at radius 1 is 0.737 bits per heavy atom. The fraction of sp³-hybridized carbons (Fsp3) is 0.161. The van der Waals surface area contributed by atoms with Gasteiger partial charge in [0.1, 0.15) is 22.3 Å². The van der Waals surface area contributed by atoms with E-state index in [2.05, 4.69) is 10.6 Å². The molecule has 38 heavy (non-hydrogen) atoms. The molecule has 1 atom stereocenters. The van der Waals surface area contributed by atoms with Crippen LogP contribution >= 0.6 is 11.8 Å². The minimum atomic E-state index is -0.464. The zero-order valence-electron chi connectivity index (χ0n) is 21.8. The lowest BCUT2D eigenvalue weighted by Crippen LogP contribution is -2.19. The quantitative estimate of drug-likeness (QED) is 0.229. The number of hydrogen-bond donors (Lipinski definition) is 2. The lowest BCUT2D eigenvalue weighted by Gasteiger charge is -2.19. The lowest BCUT2D eigenvalue weighted by atomic mass is 10.1. The molecule has 0 saturated heterocycles. The predicted octanol–water partition coefficient (Wildman–Crippen LogP) is 7.05. The molecular formula is C31H30N2O4S. The highest BCUT2D eigenvalue weighted by molar-refractivity contribution is 8.00. The predicted molar refractivity (Wildman–Crippen MR) is 154 cm³/mol. The molecule has 6 nitrogen and oxygen atoms in total. The summed E-state index contributed by atoms with van der Waals surface area (Å²) >= 11 is 1.45. The third kappa shape index (κ3) is 6.18. The summed E-state index contributed by atoms with van der Waals surface area (Å²) in [5, 5.41) is 5.54. The van der Waals surface area contributed by atoms with E-state index in [4.69, 9.17) is 9.47 Å². The smallest absolute Gasteiger partial charge is 0.263 e. The molecule has 0 bridgehead atoms. The van der Waals surface area contributed by atoms with Crippen LogP contribution in [0.4, 0.5) is 11.4 Å². The normalized spacial score (nSPS) is 11.4. The van der Waals surface area contributed by atoms with E-state index in [1.807, 2.05) is 86.6 Å². The second kappa shape index (κ2) is 12.3. The minimum absolute atomic E-state index is 0.101. The van der Waals surface area contributed by atoms with E-state index in [0.717, 1.165) is 27.3 Å². The van der Waals surface area contributed by atoms with E-state index in [9.17, 15) is 9.59 Å². The summed E-state index contributed by atoms with van der Waals surface area (Å²) in [7, 11) is 3.02. The summed E-state index contributed by atoms with van der Waals surface area (Å²) in [5.41, 5.74) is 4.81. The summed E-state index contributed by atoms with van der Waals surface area (Å²) in [6, 6.07) is 28.2. The van der Waals surface area contributed by atoms with Crippen LogP contribution < -0.4 is 20.1 Å². The van der Waals surface area contributed by atoms with Gasteiger partial charge in [-0.05, 0) is 73.0 Å². The van der Waals surface area contributed by atoms with Gasteiger partial charge in [0.2, 0.25) is 5.91 Å². The molecule has 4 aromatic rings. The van der Waals surface area contributed by atoms with Crippen molar-refractivity contribution in [3.05, 3.63) is 113 Å². The van der Waals surface area contributed by atoms with E-state index >= 15 is 0 Å². The number of carbonyl (C=O) groups excluding carboxylic acids is 2. The second-order valence-corrected chi connectivity index (χ2v) is 9.84. The molecule has 0 aliphatic rings. The minimum Gasteiger partial charge on any atom is -0.496 e. The molecule has 4 rings (SSSR count). The molecule has 7 heteroatoms. The first-order valence-corrected chi connectivity index (χ1v) is 13.0. The molecule has 0 aliphatic carbocycles. The fourth-order valence-corrected chi connectivity index (χ4v) is 5.03. The van der Waals surface area contributed by atoms with Crippen LogP contribution in [0.25, 0.3) is 0 Å². The average molecular weight is 527 g/mol. The van der Waals surface area contributed by atoms with Crippen molar-refractivity contribution in [2.24, 2.45) is 0 Å². The summed E-state index contributed by atoms with van der Waals surface area (Å²) in [6.07, 6.45) is 0. The van der Waals surface area contributed by atoms with Crippen molar-refractivity contribution in [1.29, 1.82) is 0 Å². The van der Waals surface area contributed by atoms with Crippen molar-refractivity contribution < 1.29 is 19.1 Å². The van der Waals surface area contributed by atoms with Crippen LogP contribution in [-0.2, 0) is 4.79 Å². The Labute approximate surface area is 227 Å². The number of ether oxygens (including phenoxy) is 2. The van der Waals surface area contributed by atoms with Gasteiger partial charge in [-0.3, -0.25) is 9.59 Å². The van der Waals surface area contributed by atoms with Crippen LogP contribution in [0, 0.1) is 13.8 Å². The highest BCUT2D eigenvalue weighted by Gasteiger charge is 2.23. The maximum Gasteiger partial charge on any atom is 0.263 e. The molecule has 194 valence electrons. The number of methoxy groups -OCH3 is 2. The molecule has 0 aromatic heterocycles. The van der Waals surface area contributed by atoms with Gasteiger partial charge in [-0.15, -0.1) is 11.8 Å². The molecule has 1 unspecified atom stereocenters. The molecule has 0 radical (unpaired) electrons. The van der Waals surface area contributed by atoms with Crippen molar-refractivity contribution in [2.75, 3.05) is 24.9 Å². The first-order valence-electron chi connectivity index (χ1n) is 12.1. The highest BCUT2D eigenvalue weighted by Crippen LogP contribution is 2.37. The number of benzene rings is 4. The topological polar surface area (TPSA) is 76.7 Å². The van der Waals surface area contributed by atoms with Gasteiger partial charge in [-0.25, -0.2) is 0 Å². The van der Waals surface area contributed by atoms with E-state index in [0.29, 0.717) is 22.7 Å². The Bertz CT molecular complexity index is 1400. The highest BCUT2D eigenvalue weighted by atomic mass is 32.2. The van der Waals surface area contributed by atoms with Crippen LogP contribution in [0.2, 0.25) is 0 Å². The molecule has 4 aromatic carbocycles. The van der Waals surface area contributed by atoms with Crippen molar-refractivity contribution >= 4 is 35.0 Å². The zero-order valence-corrected chi connectivity index (χ0v) is 22.6. The van der Waals surface area contributed by atoms with Crippen molar-refractivity contribution in [2.45, 2.75) is 24.0 Å². The number of aryl methyl sites for hydroxylation is 1. The maximum atomic E-state index is 13.5. The summed E-state index contributed by atoms with van der Waals surface area (Å²) in [5.74, 6) is 0.412. The molecule has 0 heterocycles.